The lowest BCUT2D eigenvalue weighted by Gasteiger charge is -2.30. The number of methoxy groups -OCH3 is 1. The van der Waals surface area contributed by atoms with Crippen LogP contribution in [0.1, 0.15) is 52.6 Å². The van der Waals surface area contributed by atoms with Crippen LogP contribution in [0.4, 0.5) is 0 Å². The minimum absolute atomic E-state index is 0.136. The minimum Gasteiger partial charge on any atom is -0.384 e. The number of hydrogen-bond donors (Lipinski definition) is 0. The molecule has 0 saturated carbocycles. The third-order valence-corrected chi connectivity index (χ3v) is 5.36. The van der Waals surface area contributed by atoms with E-state index in [2.05, 4.69) is 20.4 Å². The molecule has 24 heavy (non-hydrogen) atoms. The summed E-state index contributed by atoms with van der Waals surface area (Å²) >= 11 is 1.53. The highest BCUT2D eigenvalue weighted by Crippen LogP contribution is 2.27. The van der Waals surface area contributed by atoms with Crippen LogP contribution in [0.15, 0.2) is 16.0 Å². The zero-order chi connectivity index (χ0) is 16.9. The number of rotatable bonds is 7. The van der Waals surface area contributed by atoms with Crippen molar-refractivity contribution < 1.29 is 14.1 Å². The second-order valence-electron chi connectivity index (χ2n) is 6.24. The van der Waals surface area contributed by atoms with Crippen LogP contribution in [-0.4, -0.2) is 47.6 Å². The Hall–Kier alpha value is -1.57. The highest BCUT2D eigenvalue weighted by atomic mass is 32.1. The number of likely N-dealkylation sites (tertiary alicyclic amines) is 1. The summed E-state index contributed by atoms with van der Waals surface area (Å²) in [6, 6.07) is 2.01. The van der Waals surface area contributed by atoms with Crippen molar-refractivity contribution in [3.05, 3.63) is 33.6 Å². The Morgan fingerprint density at radius 2 is 2.42 bits per heavy atom. The number of thiophene rings is 1. The van der Waals surface area contributed by atoms with E-state index < -0.39 is 0 Å². The molecule has 1 fully saturated rings. The standard InChI is InChI=1S/C17H23N3O3S/c1-12(21)15-8-13(11-24-15)9-20-6-3-4-14(10-20)17-18-16(19-23-17)5-7-22-2/h8,11,14H,3-7,9-10H2,1-2H3/t14-/m1/s1. The summed E-state index contributed by atoms with van der Waals surface area (Å²) in [5.74, 6) is 1.87. The number of aromatic nitrogens is 2. The summed E-state index contributed by atoms with van der Waals surface area (Å²) in [6.45, 7) is 5.06. The van der Waals surface area contributed by atoms with Crippen molar-refractivity contribution in [1.82, 2.24) is 15.0 Å². The number of ketones is 1. The van der Waals surface area contributed by atoms with Crippen molar-refractivity contribution in [2.75, 3.05) is 26.8 Å². The number of ether oxygens (including phenoxy) is 1. The van der Waals surface area contributed by atoms with Crippen LogP contribution in [0.2, 0.25) is 0 Å². The lowest BCUT2D eigenvalue weighted by atomic mass is 9.97. The first-order chi connectivity index (χ1) is 11.7. The second kappa shape index (κ2) is 8.00. The Balaban J connectivity index is 1.59. The molecule has 0 amide bonds. The van der Waals surface area contributed by atoms with Crippen molar-refractivity contribution in [2.45, 2.75) is 38.6 Å². The fourth-order valence-electron chi connectivity index (χ4n) is 3.03. The van der Waals surface area contributed by atoms with E-state index in [1.54, 1.807) is 14.0 Å². The van der Waals surface area contributed by atoms with Gasteiger partial charge >= 0.3 is 0 Å². The van der Waals surface area contributed by atoms with Gasteiger partial charge in [0.15, 0.2) is 11.6 Å². The SMILES string of the molecule is COCCc1noc([C@@H]2CCCN(Cc3csc(C(C)=O)c3)C2)n1. The molecule has 1 atom stereocenters. The van der Waals surface area contributed by atoms with Gasteiger partial charge in [-0.25, -0.2) is 0 Å². The van der Waals surface area contributed by atoms with Gasteiger partial charge in [0.1, 0.15) is 0 Å². The zero-order valence-corrected chi connectivity index (χ0v) is 15.0. The molecule has 0 bridgehead atoms. The Kier molecular flexibility index (Phi) is 5.76. The smallest absolute Gasteiger partial charge is 0.231 e. The first-order valence-electron chi connectivity index (χ1n) is 8.28. The maximum Gasteiger partial charge on any atom is 0.231 e. The van der Waals surface area contributed by atoms with Gasteiger partial charge in [-0.1, -0.05) is 5.16 Å². The number of hydrogen-bond acceptors (Lipinski definition) is 7. The van der Waals surface area contributed by atoms with Crippen LogP contribution >= 0.6 is 11.3 Å². The van der Waals surface area contributed by atoms with Crippen LogP contribution in [0.5, 0.6) is 0 Å². The third-order valence-electron chi connectivity index (χ3n) is 4.28. The summed E-state index contributed by atoms with van der Waals surface area (Å²) < 4.78 is 10.5. The van der Waals surface area contributed by atoms with Gasteiger partial charge in [-0.2, -0.15) is 4.98 Å². The molecule has 130 valence electrons. The van der Waals surface area contributed by atoms with E-state index in [9.17, 15) is 4.79 Å². The summed E-state index contributed by atoms with van der Waals surface area (Å²) in [5, 5.41) is 6.12. The quantitative estimate of drug-likeness (QED) is 0.716. The van der Waals surface area contributed by atoms with Crippen molar-refractivity contribution >= 4 is 17.1 Å². The molecular weight excluding hydrogens is 326 g/mol. The Morgan fingerprint density at radius 1 is 1.54 bits per heavy atom. The van der Waals surface area contributed by atoms with Gasteiger partial charge in [0.2, 0.25) is 5.89 Å². The van der Waals surface area contributed by atoms with Crippen LogP contribution < -0.4 is 0 Å². The van der Waals surface area contributed by atoms with Crippen LogP contribution in [0.25, 0.3) is 0 Å². The molecule has 3 rings (SSSR count). The molecule has 0 unspecified atom stereocenters. The predicted octanol–water partition coefficient (Wildman–Crippen LogP) is 2.90. The number of nitrogens with zero attached hydrogens (tertiary/aromatic N) is 3. The molecule has 3 heterocycles. The van der Waals surface area contributed by atoms with E-state index in [0.717, 1.165) is 43.2 Å². The molecule has 0 spiro atoms. The highest BCUT2D eigenvalue weighted by Gasteiger charge is 2.26. The Labute approximate surface area is 145 Å². The lowest BCUT2D eigenvalue weighted by Crippen LogP contribution is -2.33. The molecule has 2 aromatic heterocycles. The topological polar surface area (TPSA) is 68.5 Å². The molecule has 1 saturated heterocycles. The molecule has 1 aliphatic rings. The molecule has 0 aromatic carbocycles. The minimum atomic E-state index is 0.136. The number of piperidine rings is 1. The first-order valence-corrected chi connectivity index (χ1v) is 9.16. The second-order valence-corrected chi connectivity index (χ2v) is 7.15. The van der Waals surface area contributed by atoms with Gasteiger partial charge in [0.05, 0.1) is 17.4 Å². The van der Waals surface area contributed by atoms with Gasteiger partial charge in [-0.3, -0.25) is 9.69 Å². The molecule has 2 aromatic rings. The fraction of sp³-hybridized carbons (Fsp3) is 0.588. The predicted molar refractivity (Wildman–Crippen MR) is 91.5 cm³/mol. The summed E-state index contributed by atoms with van der Waals surface area (Å²) in [6.07, 6.45) is 2.87. The van der Waals surface area contributed by atoms with Gasteiger partial charge in [0, 0.05) is 26.6 Å². The number of carbonyl (C=O) groups is 1. The number of carbonyl (C=O) groups excluding carboxylic acids is 1. The molecular formula is C17H23N3O3S. The highest BCUT2D eigenvalue weighted by molar-refractivity contribution is 7.12. The first kappa shape index (κ1) is 17.3. The zero-order valence-electron chi connectivity index (χ0n) is 14.2. The third kappa shape index (κ3) is 4.28. The lowest BCUT2D eigenvalue weighted by molar-refractivity contribution is 0.102. The van der Waals surface area contributed by atoms with Gasteiger partial charge < -0.3 is 9.26 Å². The monoisotopic (exact) mass is 349 g/mol. The van der Waals surface area contributed by atoms with E-state index in [4.69, 9.17) is 9.26 Å². The Bertz CT molecular complexity index is 682. The summed E-state index contributed by atoms with van der Waals surface area (Å²) in [7, 11) is 1.67. The van der Waals surface area contributed by atoms with Crippen LogP contribution in [-0.2, 0) is 17.7 Å². The molecule has 7 heteroatoms. The largest absolute Gasteiger partial charge is 0.384 e. The fourth-order valence-corrected chi connectivity index (χ4v) is 3.84. The van der Waals surface area contributed by atoms with E-state index in [0.29, 0.717) is 18.9 Å². The average Bonchev–Trinajstić information content (AvgIpc) is 3.22. The molecule has 0 aliphatic carbocycles. The van der Waals surface area contributed by atoms with Crippen molar-refractivity contribution in [3.63, 3.8) is 0 Å². The summed E-state index contributed by atoms with van der Waals surface area (Å²) in [4.78, 5) is 19.2. The van der Waals surface area contributed by atoms with E-state index in [-0.39, 0.29) is 11.7 Å². The number of Topliss-reactive ketones (excluding diaryl/α,β-unsaturated/α-hetero) is 1. The normalized spacial score (nSPS) is 18.8. The van der Waals surface area contributed by atoms with Gasteiger partial charge in [0.25, 0.3) is 0 Å². The molecule has 1 aliphatic heterocycles. The van der Waals surface area contributed by atoms with Crippen LogP contribution in [0.3, 0.4) is 0 Å². The maximum absolute atomic E-state index is 11.4. The van der Waals surface area contributed by atoms with Crippen molar-refractivity contribution in [2.24, 2.45) is 0 Å². The summed E-state index contributed by atoms with van der Waals surface area (Å²) in [5.41, 5.74) is 1.21. The van der Waals surface area contributed by atoms with E-state index in [1.165, 1.54) is 16.9 Å². The molecule has 6 nitrogen and oxygen atoms in total. The maximum atomic E-state index is 11.4. The van der Waals surface area contributed by atoms with Crippen molar-refractivity contribution in [1.29, 1.82) is 0 Å². The van der Waals surface area contributed by atoms with Gasteiger partial charge in [-0.15, -0.1) is 11.3 Å². The van der Waals surface area contributed by atoms with E-state index >= 15 is 0 Å². The molecule has 0 N–H and O–H groups in total. The Morgan fingerprint density at radius 3 is 3.17 bits per heavy atom. The van der Waals surface area contributed by atoms with E-state index in [1.807, 2.05) is 6.07 Å². The van der Waals surface area contributed by atoms with Crippen molar-refractivity contribution in [3.8, 4) is 0 Å². The molecule has 0 radical (unpaired) electrons. The van der Waals surface area contributed by atoms with Gasteiger partial charge in [-0.05, 0) is 43.3 Å². The average molecular weight is 349 g/mol. The van der Waals surface area contributed by atoms with Crippen LogP contribution in [0, 0.1) is 0 Å².